The summed E-state index contributed by atoms with van der Waals surface area (Å²) in [6.07, 6.45) is 4.18. The van der Waals surface area contributed by atoms with Crippen LogP contribution in [-0.2, 0) is 12.8 Å². The van der Waals surface area contributed by atoms with E-state index < -0.39 is 0 Å². The maximum Gasteiger partial charge on any atom is 0.126 e. The van der Waals surface area contributed by atoms with Gasteiger partial charge in [-0.2, -0.15) is 0 Å². The van der Waals surface area contributed by atoms with Crippen LogP contribution in [0.15, 0.2) is 24.3 Å². The molecule has 1 aromatic heterocycles. The lowest BCUT2D eigenvalue weighted by molar-refractivity contribution is 0.522. The summed E-state index contributed by atoms with van der Waals surface area (Å²) in [5, 5.41) is 4.30. The summed E-state index contributed by atoms with van der Waals surface area (Å²) in [4.78, 5) is 6.20. The minimum atomic E-state index is -0.132. The van der Waals surface area contributed by atoms with Gasteiger partial charge in [-0.3, -0.25) is 0 Å². The third kappa shape index (κ3) is 2.76. The monoisotopic (exact) mass is 290 g/mol. The Morgan fingerprint density at radius 2 is 2.25 bits per heavy atom. The quantitative estimate of drug-likeness (QED) is 0.932. The molecule has 1 N–H and O–H groups in total. The molecule has 0 amide bonds. The van der Waals surface area contributed by atoms with Crippen LogP contribution < -0.4 is 5.32 Å². The van der Waals surface area contributed by atoms with Crippen LogP contribution in [-0.4, -0.2) is 18.6 Å². The zero-order chi connectivity index (χ0) is 13.9. The van der Waals surface area contributed by atoms with E-state index in [1.807, 2.05) is 19.2 Å². The van der Waals surface area contributed by atoms with Crippen molar-refractivity contribution >= 4 is 11.3 Å². The molecule has 0 bridgehead atoms. The molecule has 0 fully saturated rings. The molecule has 20 heavy (non-hydrogen) atoms. The summed E-state index contributed by atoms with van der Waals surface area (Å²) in [6, 6.07) is 6.98. The summed E-state index contributed by atoms with van der Waals surface area (Å²) in [5.41, 5.74) is 1.99. The average Bonchev–Trinajstić information content (AvgIpc) is 2.85. The van der Waals surface area contributed by atoms with Gasteiger partial charge in [0.2, 0.25) is 0 Å². The molecule has 0 radical (unpaired) electrons. The fourth-order valence-corrected chi connectivity index (χ4v) is 4.10. The second-order valence-electron chi connectivity index (χ2n) is 5.33. The van der Waals surface area contributed by atoms with Crippen LogP contribution in [0.3, 0.4) is 0 Å². The topological polar surface area (TPSA) is 24.9 Å². The molecule has 1 unspecified atom stereocenters. The van der Waals surface area contributed by atoms with Gasteiger partial charge in [0.1, 0.15) is 5.82 Å². The maximum absolute atomic E-state index is 13.7. The molecule has 2 nitrogen and oxygen atoms in total. The Balaban J connectivity index is 1.84. The molecular formula is C16H19FN2S. The van der Waals surface area contributed by atoms with Crippen LogP contribution in [0.4, 0.5) is 4.39 Å². The molecule has 3 rings (SSSR count). The van der Waals surface area contributed by atoms with Crippen molar-refractivity contribution in [2.45, 2.75) is 31.6 Å². The number of halogens is 1. The second kappa shape index (κ2) is 6.02. The Hall–Kier alpha value is -1.26. The van der Waals surface area contributed by atoms with E-state index in [0.29, 0.717) is 12.3 Å². The molecule has 1 aromatic carbocycles. The third-order valence-electron chi connectivity index (χ3n) is 3.87. The van der Waals surface area contributed by atoms with Crippen LogP contribution in [0.25, 0.3) is 0 Å². The molecule has 2 aromatic rings. The van der Waals surface area contributed by atoms with E-state index in [0.717, 1.165) is 23.5 Å². The molecule has 106 valence electrons. The lowest BCUT2D eigenvalue weighted by Gasteiger charge is -2.20. The number of nitrogens with zero attached hydrogens (tertiary/aromatic N) is 1. The van der Waals surface area contributed by atoms with E-state index in [2.05, 4.69) is 5.32 Å². The lowest BCUT2D eigenvalue weighted by atomic mass is 9.91. The molecule has 1 atom stereocenters. The summed E-state index contributed by atoms with van der Waals surface area (Å²) in [5.74, 6) is 0.391. The van der Waals surface area contributed by atoms with Crippen molar-refractivity contribution in [2.24, 2.45) is 0 Å². The number of hydrogen-bond donors (Lipinski definition) is 1. The van der Waals surface area contributed by atoms with Gasteiger partial charge in [-0.05, 0) is 37.9 Å². The van der Waals surface area contributed by atoms with Crippen LogP contribution >= 0.6 is 11.3 Å². The van der Waals surface area contributed by atoms with E-state index >= 15 is 0 Å². The largest absolute Gasteiger partial charge is 0.319 e. The summed E-state index contributed by atoms with van der Waals surface area (Å²) in [7, 11) is 1.99. The molecule has 0 spiro atoms. The molecule has 1 aliphatic carbocycles. The normalized spacial score (nSPS) is 18.0. The molecule has 0 saturated carbocycles. The summed E-state index contributed by atoms with van der Waals surface area (Å²) < 4.78 is 13.7. The Bertz CT molecular complexity index is 594. The zero-order valence-corrected chi connectivity index (χ0v) is 12.5. The number of benzene rings is 1. The zero-order valence-electron chi connectivity index (χ0n) is 11.7. The van der Waals surface area contributed by atoms with Gasteiger partial charge < -0.3 is 5.32 Å². The fraction of sp³-hybridized carbons (Fsp3) is 0.438. The maximum atomic E-state index is 13.7. The highest BCUT2D eigenvalue weighted by Gasteiger charge is 2.24. The second-order valence-corrected chi connectivity index (χ2v) is 6.50. The predicted molar refractivity (Wildman–Crippen MR) is 80.9 cm³/mol. The Kier molecular flexibility index (Phi) is 4.13. The van der Waals surface area contributed by atoms with Gasteiger partial charge in [0.05, 0.1) is 10.7 Å². The SMILES string of the molecule is CNCC1CCCc2sc(Cc3ccccc3F)nc21. The van der Waals surface area contributed by atoms with Crippen molar-refractivity contribution in [3.63, 3.8) is 0 Å². The first-order valence-corrected chi connectivity index (χ1v) is 7.96. The van der Waals surface area contributed by atoms with E-state index in [1.165, 1.54) is 29.5 Å². The van der Waals surface area contributed by atoms with Crippen molar-refractivity contribution in [1.29, 1.82) is 0 Å². The van der Waals surface area contributed by atoms with Gasteiger partial charge >= 0.3 is 0 Å². The van der Waals surface area contributed by atoms with Gasteiger partial charge in [-0.1, -0.05) is 18.2 Å². The third-order valence-corrected chi connectivity index (χ3v) is 5.00. The highest BCUT2D eigenvalue weighted by Crippen LogP contribution is 2.35. The number of thiazole rings is 1. The minimum Gasteiger partial charge on any atom is -0.319 e. The van der Waals surface area contributed by atoms with Crippen molar-refractivity contribution < 1.29 is 4.39 Å². The van der Waals surface area contributed by atoms with Gasteiger partial charge in [-0.15, -0.1) is 11.3 Å². The number of aromatic nitrogens is 1. The van der Waals surface area contributed by atoms with Gasteiger partial charge in [-0.25, -0.2) is 9.37 Å². The Labute approximate surface area is 123 Å². The van der Waals surface area contributed by atoms with Crippen LogP contribution in [0.5, 0.6) is 0 Å². The number of fused-ring (bicyclic) bond motifs is 1. The van der Waals surface area contributed by atoms with Gasteiger partial charge in [0.25, 0.3) is 0 Å². The van der Waals surface area contributed by atoms with Crippen LogP contribution in [0.2, 0.25) is 0 Å². The number of nitrogens with one attached hydrogen (secondary N) is 1. The highest BCUT2D eigenvalue weighted by atomic mass is 32.1. The molecule has 1 heterocycles. The van der Waals surface area contributed by atoms with Gasteiger partial charge in [0.15, 0.2) is 0 Å². The molecular weight excluding hydrogens is 271 g/mol. The molecule has 0 saturated heterocycles. The lowest BCUT2D eigenvalue weighted by Crippen LogP contribution is -2.21. The number of hydrogen-bond acceptors (Lipinski definition) is 3. The first kappa shape index (κ1) is 13.7. The van der Waals surface area contributed by atoms with Crippen molar-refractivity contribution in [2.75, 3.05) is 13.6 Å². The van der Waals surface area contributed by atoms with Crippen molar-refractivity contribution in [3.8, 4) is 0 Å². The van der Waals surface area contributed by atoms with Gasteiger partial charge in [0, 0.05) is 23.8 Å². The fourth-order valence-electron chi connectivity index (χ4n) is 2.88. The average molecular weight is 290 g/mol. The van der Waals surface area contributed by atoms with E-state index in [1.54, 1.807) is 17.4 Å². The highest BCUT2D eigenvalue weighted by molar-refractivity contribution is 7.11. The minimum absolute atomic E-state index is 0.132. The molecule has 4 heteroatoms. The van der Waals surface area contributed by atoms with E-state index in [-0.39, 0.29) is 5.82 Å². The standard InChI is InChI=1S/C16H19FN2S/c1-18-10-12-6-4-8-14-16(12)19-15(20-14)9-11-5-2-3-7-13(11)17/h2-3,5,7,12,18H,4,6,8-10H2,1H3. The van der Waals surface area contributed by atoms with Crippen molar-refractivity contribution in [1.82, 2.24) is 10.3 Å². The van der Waals surface area contributed by atoms with E-state index in [9.17, 15) is 4.39 Å². The smallest absolute Gasteiger partial charge is 0.126 e. The first-order chi connectivity index (χ1) is 9.78. The number of rotatable bonds is 4. The number of aryl methyl sites for hydroxylation is 1. The van der Waals surface area contributed by atoms with E-state index in [4.69, 9.17) is 4.98 Å². The Morgan fingerprint density at radius 3 is 3.05 bits per heavy atom. The molecule has 0 aliphatic heterocycles. The summed E-state index contributed by atoms with van der Waals surface area (Å²) in [6.45, 7) is 0.982. The first-order valence-electron chi connectivity index (χ1n) is 7.14. The predicted octanol–water partition coefficient (Wildman–Crippen LogP) is 3.51. The van der Waals surface area contributed by atoms with Crippen LogP contribution in [0, 0.1) is 5.82 Å². The van der Waals surface area contributed by atoms with Crippen molar-refractivity contribution in [3.05, 3.63) is 51.2 Å². The summed E-state index contributed by atoms with van der Waals surface area (Å²) >= 11 is 1.76. The Morgan fingerprint density at radius 1 is 1.40 bits per heavy atom. The molecule has 1 aliphatic rings. The van der Waals surface area contributed by atoms with Crippen LogP contribution in [0.1, 0.15) is 39.9 Å². The number of likely N-dealkylation sites (N-methyl/N-ethyl adjacent to an activating group) is 1.